The Bertz CT molecular complexity index is 762. The number of nitrogens with one attached hydrogen (secondary N) is 2. The number of nitrogens with zero attached hydrogens (tertiary/aromatic N) is 1. The molecular formula is C18H19N3O4. The number of non-ortho nitro benzene ring substituents is 1. The number of nitro groups is 1. The molecule has 0 aliphatic rings. The van der Waals surface area contributed by atoms with Crippen molar-refractivity contribution >= 4 is 17.5 Å². The van der Waals surface area contributed by atoms with Crippen molar-refractivity contribution in [3.63, 3.8) is 0 Å². The summed E-state index contributed by atoms with van der Waals surface area (Å²) in [6.45, 7) is 1.98. The molecule has 2 rings (SSSR count). The van der Waals surface area contributed by atoms with E-state index in [9.17, 15) is 19.7 Å². The number of benzene rings is 2. The van der Waals surface area contributed by atoms with Crippen molar-refractivity contribution in [1.29, 1.82) is 0 Å². The van der Waals surface area contributed by atoms with Gasteiger partial charge in [0.2, 0.25) is 5.91 Å². The van der Waals surface area contributed by atoms with Crippen LogP contribution in [0.3, 0.4) is 0 Å². The second-order valence-electron chi connectivity index (χ2n) is 5.50. The highest BCUT2D eigenvalue weighted by molar-refractivity contribution is 5.96. The minimum Gasteiger partial charge on any atom is -0.273 e. The molecule has 25 heavy (non-hydrogen) atoms. The Morgan fingerprint density at radius 3 is 2.44 bits per heavy atom. The first-order valence-corrected chi connectivity index (χ1v) is 7.92. The number of hydrogen-bond donors (Lipinski definition) is 2. The maximum absolute atomic E-state index is 12.4. The summed E-state index contributed by atoms with van der Waals surface area (Å²) >= 11 is 0. The Labute approximate surface area is 145 Å². The summed E-state index contributed by atoms with van der Waals surface area (Å²) in [4.78, 5) is 34.7. The van der Waals surface area contributed by atoms with Gasteiger partial charge >= 0.3 is 0 Å². The number of hydrogen-bond acceptors (Lipinski definition) is 4. The van der Waals surface area contributed by atoms with Crippen LogP contribution in [0.5, 0.6) is 0 Å². The van der Waals surface area contributed by atoms with Crippen LogP contribution in [0.2, 0.25) is 0 Å². The van der Waals surface area contributed by atoms with Crippen LogP contribution in [0, 0.1) is 10.1 Å². The highest BCUT2D eigenvalue weighted by atomic mass is 16.6. The average molecular weight is 341 g/mol. The molecule has 0 radical (unpaired) electrons. The van der Waals surface area contributed by atoms with Crippen LogP contribution in [0.15, 0.2) is 54.6 Å². The minimum atomic E-state index is -0.611. The van der Waals surface area contributed by atoms with Crippen molar-refractivity contribution in [3.05, 3.63) is 75.8 Å². The van der Waals surface area contributed by atoms with Gasteiger partial charge in [0.15, 0.2) is 0 Å². The largest absolute Gasteiger partial charge is 0.273 e. The monoisotopic (exact) mass is 341 g/mol. The van der Waals surface area contributed by atoms with Gasteiger partial charge in [0, 0.05) is 17.7 Å². The third-order valence-electron chi connectivity index (χ3n) is 3.71. The molecule has 130 valence electrons. The molecule has 0 saturated carbocycles. The van der Waals surface area contributed by atoms with Gasteiger partial charge in [0.1, 0.15) is 0 Å². The molecule has 2 aromatic rings. The van der Waals surface area contributed by atoms with Crippen LogP contribution in [0.1, 0.15) is 41.6 Å². The molecule has 7 nitrogen and oxygen atoms in total. The van der Waals surface area contributed by atoms with Gasteiger partial charge in [-0.1, -0.05) is 49.7 Å². The molecule has 1 atom stereocenters. The maximum Gasteiger partial charge on any atom is 0.270 e. The van der Waals surface area contributed by atoms with Gasteiger partial charge in [-0.2, -0.15) is 0 Å². The number of rotatable bonds is 6. The Morgan fingerprint density at radius 2 is 1.80 bits per heavy atom. The summed E-state index contributed by atoms with van der Waals surface area (Å²) in [6.07, 6.45) is 1.45. The zero-order chi connectivity index (χ0) is 18.2. The van der Waals surface area contributed by atoms with Crippen molar-refractivity contribution in [3.8, 4) is 0 Å². The molecule has 0 fully saturated rings. The van der Waals surface area contributed by atoms with Gasteiger partial charge in [-0.05, 0) is 18.1 Å². The van der Waals surface area contributed by atoms with E-state index in [4.69, 9.17) is 0 Å². The average Bonchev–Trinajstić information content (AvgIpc) is 2.64. The van der Waals surface area contributed by atoms with Crippen LogP contribution >= 0.6 is 0 Å². The van der Waals surface area contributed by atoms with E-state index < -0.39 is 10.8 Å². The van der Waals surface area contributed by atoms with Gasteiger partial charge < -0.3 is 0 Å². The third-order valence-corrected chi connectivity index (χ3v) is 3.71. The summed E-state index contributed by atoms with van der Waals surface area (Å²) in [7, 11) is 0. The molecular weight excluding hydrogens is 322 g/mol. The van der Waals surface area contributed by atoms with Gasteiger partial charge in [-0.3, -0.25) is 30.6 Å². The summed E-state index contributed by atoms with van der Waals surface area (Å²) in [5, 5.41) is 10.8. The fourth-order valence-corrected chi connectivity index (χ4v) is 2.46. The number of carbonyl (C=O) groups is 2. The standard InChI is InChI=1S/C18H19N3O4/c1-2-7-16(13-8-4-3-5-9-13)18(23)20-19-17(22)14-10-6-11-15(12-14)21(24)25/h3-6,8-12,16H,2,7H2,1H3,(H,19,22)(H,20,23)/t16-/m1/s1. The predicted octanol–water partition coefficient (Wildman–Crippen LogP) is 2.94. The highest BCUT2D eigenvalue weighted by Gasteiger charge is 2.20. The SMILES string of the molecule is CCC[C@@H](C(=O)NNC(=O)c1cccc([N+](=O)[O-])c1)c1ccccc1. The second kappa shape index (κ2) is 8.58. The van der Waals surface area contributed by atoms with E-state index in [0.717, 1.165) is 18.1 Å². The summed E-state index contributed by atoms with van der Waals surface area (Å²) < 4.78 is 0. The highest BCUT2D eigenvalue weighted by Crippen LogP contribution is 2.21. The van der Waals surface area contributed by atoms with Gasteiger partial charge in [-0.25, -0.2) is 0 Å². The zero-order valence-electron chi connectivity index (χ0n) is 13.8. The fraction of sp³-hybridized carbons (Fsp3) is 0.222. The lowest BCUT2D eigenvalue weighted by atomic mass is 9.94. The fourth-order valence-electron chi connectivity index (χ4n) is 2.46. The second-order valence-corrected chi connectivity index (χ2v) is 5.50. The molecule has 0 aliphatic carbocycles. The normalized spacial score (nSPS) is 11.4. The molecule has 0 saturated heterocycles. The quantitative estimate of drug-likeness (QED) is 0.623. The topological polar surface area (TPSA) is 101 Å². The van der Waals surface area contributed by atoms with E-state index in [1.54, 1.807) is 0 Å². The molecule has 2 aromatic carbocycles. The van der Waals surface area contributed by atoms with Crippen molar-refractivity contribution in [2.45, 2.75) is 25.7 Å². The molecule has 7 heteroatoms. The molecule has 0 heterocycles. The number of hydrazine groups is 1. The number of carbonyl (C=O) groups excluding carboxylic acids is 2. The van der Waals surface area contributed by atoms with Crippen LogP contribution < -0.4 is 10.9 Å². The number of nitro benzene ring substituents is 1. The maximum atomic E-state index is 12.4. The number of amides is 2. The van der Waals surface area contributed by atoms with Crippen molar-refractivity contribution in [2.24, 2.45) is 0 Å². The van der Waals surface area contributed by atoms with E-state index in [1.165, 1.54) is 18.2 Å². The smallest absolute Gasteiger partial charge is 0.270 e. The van der Waals surface area contributed by atoms with E-state index >= 15 is 0 Å². The Balaban J connectivity index is 2.03. The minimum absolute atomic E-state index is 0.0984. The van der Waals surface area contributed by atoms with E-state index in [1.807, 2.05) is 37.3 Å². The lowest BCUT2D eigenvalue weighted by Crippen LogP contribution is -2.44. The molecule has 0 unspecified atom stereocenters. The third kappa shape index (κ3) is 4.87. The van der Waals surface area contributed by atoms with E-state index in [0.29, 0.717) is 6.42 Å². The van der Waals surface area contributed by atoms with Gasteiger partial charge in [-0.15, -0.1) is 0 Å². The van der Waals surface area contributed by atoms with Crippen LogP contribution in [0.4, 0.5) is 5.69 Å². The molecule has 2 amide bonds. The molecule has 0 aliphatic heterocycles. The predicted molar refractivity (Wildman–Crippen MR) is 92.8 cm³/mol. The van der Waals surface area contributed by atoms with E-state index in [-0.39, 0.29) is 23.1 Å². The van der Waals surface area contributed by atoms with Crippen molar-refractivity contribution in [1.82, 2.24) is 10.9 Å². The van der Waals surface area contributed by atoms with Crippen LogP contribution in [-0.4, -0.2) is 16.7 Å². The lowest BCUT2D eigenvalue weighted by Gasteiger charge is -2.17. The van der Waals surface area contributed by atoms with Crippen molar-refractivity contribution < 1.29 is 14.5 Å². The molecule has 0 spiro atoms. The molecule has 2 N–H and O–H groups in total. The van der Waals surface area contributed by atoms with Crippen LogP contribution in [0.25, 0.3) is 0 Å². The molecule has 0 aromatic heterocycles. The summed E-state index contributed by atoms with van der Waals surface area (Å²) in [5.41, 5.74) is 5.49. The summed E-state index contributed by atoms with van der Waals surface area (Å²) in [6, 6.07) is 14.6. The van der Waals surface area contributed by atoms with Gasteiger partial charge in [0.05, 0.1) is 10.8 Å². The van der Waals surface area contributed by atoms with E-state index in [2.05, 4.69) is 10.9 Å². The zero-order valence-corrected chi connectivity index (χ0v) is 13.8. The Kier molecular flexibility index (Phi) is 6.22. The van der Waals surface area contributed by atoms with Crippen molar-refractivity contribution in [2.75, 3.05) is 0 Å². The first-order chi connectivity index (χ1) is 12.0. The Hall–Kier alpha value is -3.22. The summed E-state index contributed by atoms with van der Waals surface area (Å²) in [5.74, 6) is -1.32. The first-order valence-electron chi connectivity index (χ1n) is 7.92. The lowest BCUT2D eigenvalue weighted by molar-refractivity contribution is -0.384. The molecule has 0 bridgehead atoms. The van der Waals surface area contributed by atoms with Crippen LogP contribution in [-0.2, 0) is 4.79 Å². The van der Waals surface area contributed by atoms with Gasteiger partial charge in [0.25, 0.3) is 11.6 Å². The Morgan fingerprint density at radius 1 is 1.08 bits per heavy atom. The first kappa shape index (κ1) is 18.1.